The van der Waals surface area contributed by atoms with Crippen LogP contribution in [0.5, 0.6) is 0 Å². The molecule has 0 aliphatic rings. The average Bonchev–Trinajstić information content (AvgIpc) is 2.73. The van der Waals surface area contributed by atoms with Crippen LogP contribution in [0.2, 0.25) is 0 Å². The summed E-state index contributed by atoms with van der Waals surface area (Å²) < 4.78 is 0. The quantitative estimate of drug-likeness (QED) is 0.224. The number of allylic oxidation sites excluding steroid dienone is 1. The van der Waals surface area contributed by atoms with E-state index in [2.05, 4.69) is 66.7 Å². The molecule has 0 spiro atoms. The highest BCUT2D eigenvalue weighted by Gasteiger charge is 2.09. The van der Waals surface area contributed by atoms with E-state index in [1.54, 1.807) is 0 Å². The van der Waals surface area contributed by atoms with Gasteiger partial charge in [0.15, 0.2) is 0 Å². The van der Waals surface area contributed by atoms with Gasteiger partial charge in [0.2, 0.25) is 0 Å². The molecule has 2 heteroatoms. The van der Waals surface area contributed by atoms with Crippen molar-refractivity contribution in [2.24, 2.45) is 0 Å². The van der Waals surface area contributed by atoms with Gasteiger partial charge in [-0.25, -0.2) is 0 Å². The van der Waals surface area contributed by atoms with Crippen LogP contribution in [0.15, 0.2) is 60.7 Å². The largest absolute Gasteiger partial charge is 0.481 e. The molecule has 0 heterocycles. The molecule has 0 radical (unpaired) electrons. The highest BCUT2D eigenvalue weighted by Crippen LogP contribution is 2.36. The molecule has 4 aromatic carbocycles. The molecule has 0 unspecified atom stereocenters. The summed E-state index contributed by atoms with van der Waals surface area (Å²) in [5.74, 6) is -0.679. The van der Waals surface area contributed by atoms with Gasteiger partial charge in [0.25, 0.3) is 0 Å². The topological polar surface area (TPSA) is 37.3 Å². The first-order valence-electron chi connectivity index (χ1n) is 10.8. The molecule has 0 fully saturated rings. The number of carbonyl (C=O) groups is 1. The maximum Gasteiger partial charge on any atom is 0.303 e. The molecule has 148 valence electrons. The third kappa shape index (κ3) is 4.42. The second-order valence-electron chi connectivity index (χ2n) is 7.97. The second kappa shape index (κ2) is 9.09. The minimum absolute atomic E-state index is 0.308. The first-order valence-corrected chi connectivity index (χ1v) is 10.8. The summed E-state index contributed by atoms with van der Waals surface area (Å²) in [6, 6.07) is 20.0. The Bertz CT molecular complexity index is 1120. The first kappa shape index (κ1) is 19.4. The lowest BCUT2D eigenvalue weighted by Gasteiger charge is -2.12. The molecule has 0 amide bonds. The summed E-state index contributed by atoms with van der Waals surface area (Å²) in [5.41, 5.74) is 1.30. The molecule has 0 saturated carbocycles. The van der Waals surface area contributed by atoms with Crippen LogP contribution in [0, 0.1) is 0 Å². The van der Waals surface area contributed by atoms with Crippen LogP contribution in [0.3, 0.4) is 0 Å². The van der Waals surface area contributed by atoms with E-state index in [9.17, 15) is 4.79 Å². The van der Waals surface area contributed by atoms with Gasteiger partial charge in [0, 0.05) is 6.42 Å². The molecule has 0 aliphatic heterocycles. The Hall–Kier alpha value is -2.87. The number of rotatable bonds is 10. The standard InChI is InChI=1S/C27H28O2/c28-25(29)13-8-6-4-2-1-3-5-7-10-20-14-15-23-17-16-21-11-9-12-22-18-19-24(20)27(23)26(21)22/h7,9-12,14-19H,1-6,8,13H2,(H,28,29). The van der Waals surface area contributed by atoms with Crippen LogP contribution in [-0.2, 0) is 4.79 Å². The van der Waals surface area contributed by atoms with Crippen LogP contribution < -0.4 is 0 Å². The van der Waals surface area contributed by atoms with Crippen LogP contribution in [0.1, 0.15) is 56.9 Å². The van der Waals surface area contributed by atoms with Gasteiger partial charge in [0.05, 0.1) is 0 Å². The van der Waals surface area contributed by atoms with Crippen molar-refractivity contribution >= 4 is 44.4 Å². The molecule has 0 aliphatic carbocycles. The molecule has 2 nitrogen and oxygen atoms in total. The minimum Gasteiger partial charge on any atom is -0.481 e. The van der Waals surface area contributed by atoms with Crippen molar-refractivity contribution in [1.82, 2.24) is 0 Å². The zero-order valence-electron chi connectivity index (χ0n) is 16.9. The number of hydrogen-bond donors (Lipinski definition) is 1. The Morgan fingerprint density at radius 3 is 2.10 bits per heavy atom. The van der Waals surface area contributed by atoms with E-state index >= 15 is 0 Å². The lowest BCUT2D eigenvalue weighted by atomic mass is 9.92. The minimum atomic E-state index is -0.679. The van der Waals surface area contributed by atoms with Gasteiger partial charge >= 0.3 is 5.97 Å². The fourth-order valence-electron chi connectivity index (χ4n) is 4.36. The third-order valence-corrected chi connectivity index (χ3v) is 5.87. The van der Waals surface area contributed by atoms with Gasteiger partial charge in [-0.1, -0.05) is 92.4 Å². The van der Waals surface area contributed by atoms with Crippen molar-refractivity contribution in [2.75, 3.05) is 0 Å². The molecule has 0 saturated heterocycles. The summed E-state index contributed by atoms with van der Waals surface area (Å²) >= 11 is 0. The van der Waals surface area contributed by atoms with Crippen LogP contribution in [0.4, 0.5) is 0 Å². The summed E-state index contributed by atoms with van der Waals surface area (Å²) in [7, 11) is 0. The van der Waals surface area contributed by atoms with Crippen molar-refractivity contribution in [3.8, 4) is 0 Å². The molecule has 0 atom stereocenters. The van der Waals surface area contributed by atoms with Gasteiger partial charge in [-0.15, -0.1) is 0 Å². The maximum atomic E-state index is 10.5. The molecular weight excluding hydrogens is 356 g/mol. The van der Waals surface area contributed by atoms with Crippen molar-refractivity contribution in [1.29, 1.82) is 0 Å². The Labute approximate surface area is 172 Å². The molecule has 4 rings (SSSR count). The highest BCUT2D eigenvalue weighted by molar-refractivity contribution is 6.24. The summed E-state index contributed by atoms with van der Waals surface area (Å²) in [6.07, 6.45) is 12.6. The van der Waals surface area contributed by atoms with E-state index in [1.807, 2.05) is 0 Å². The fourth-order valence-corrected chi connectivity index (χ4v) is 4.36. The van der Waals surface area contributed by atoms with Gasteiger partial charge in [-0.2, -0.15) is 0 Å². The van der Waals surface area contributed by atoms with Crippen molar-refractivity contribution in [3.63, 3.8) is 0 Å². The number of carboxylic acids is 1. The number of carboxylic acid groups (broad SMARTS) is 1. The lowest BCUT2D eigenvalue weighted by molar-refractivity contribution is -0.137. The summed E-state index contributed by atoms with van der Waals surface area (Å²) in [4.78, 5) is 10.5. The van der Waals surface area contributed by atoms with E-state index in [0.29, 0.717) is 6.42 Å². The fraction of sp³-hybridized carbons (Fsp3) is 0.296. The van der Waals surface area contributed by atoms with E-state index < -0.39 is 5.97 Å². The monoisotopic (exact) mass is 384 g/mol. The predicted octanol–water partition coefficient (Wildman–Crippen LogP) is 7.80. The van der Waals surface area contributed by atoms with E-state index in [1.165, 1.54) is 57.1 Å². The molecule has 4 aromatic rings. The smallest absolute Gasteiger partial charge is 0.303 e. The van der Waals surface area contributed by atoms with Crippen LogP contribution >= 0.6 is 0 Å². The molecular formula is C27H28O2. The number of unbranched alkanes of at least 4 members (excludes halogenated alkanes) is 6. The Morgan fingerprint density at radius 2 is 1.34 bits per heavy atom. The maximum absolute atomic E-state index is 10.5. The molecule has 0 aromatic heterocycles. The van der Waals surface area contributed by atoms with E-state index in [4.69, 9.17) is 5.11 Å². The first-order chi connectivity index (χ1) is 14.2. The van der Waals surface area contributed by atoms with E-state index in [0.717, 1.165) is 25.7 Å². The summed E-state index contributed by atoms with van der Waals surface area (Å²) in [5, 5.41) is 16.7. The third-order valence-electron chi connectivity index (χ3n) is 5.87. The molecule has 1 N–H and O–H groups in total. The lowest BCUT2D eigenvalue weighted by Crippen LogP contribution is -1.93. The van der Waals surface area contributed by atoms with Gasteiger partial charge in [-0.05, 0) is 57.1 Å². The molecule has 29 heavy (non-hydrogen) atoms. The van der Waals surface area contributed by atoms with Gasteiger partial charge < -0.3 is 5.11 Å². The van der Waals surface area contributed by atoms with Crippen LogP contribution in [0.25, 0.3) is 38.4 Å². The predicted molar refractivity (Wildman–Crippen MR) is 124 cm³/mol. The van der Waals surface area contributed by atoms with Crippen molar-refractivity contribution in [2.45, 2.75) is 51.4 Å². The van der Waals surface area contributed by atoms with Gasteiger partial charge in [-0.3, -0.25) is 4.79 Å². The van der Waals surface area contributed by atoms with Crippen molar-refractivity contribution < 1.29 is 9.90 Å². The summed E-state index contributed by atoms with van der Waals surface area (Å²) in [6.45, 7) is 0. The molecule has 0 bridgehead atoms. The Balaban J connectivity index is 1.38. The number of aliphatic carboxylic acids is 1. The Morgan fingerprint density at radius 1 is 0.724 bits per heavy atom. The SMILES string of the molecule is O=C(O)CCCCCCCCC=Cc1ccc2ccc3cccc4ccc1c2c34. The van der Waals surface area contributed by atoms with Crippen LogP contribution in [-0.4, -0.2) is 11.1 Å². The average molecular weight is 385 g/mol. The van der Waals surface area contributed by atoms with Gasteiger partial charge in [0.1, 0.15) is 0 Å². The zero-order chi connectivity index (χ0) is 20.1. The number of hydrogen-bond acceptors (Lipinski definition) is 1. The number of benzene rings is 4. The Kier molecular flexibility index (Phi) is 6.09. The zero-order valence-corrected chi connectivity index (χ0v) is 16.9. The second-order valence-corrected chi connectivity index (χ2v) is 7.97. The normalized spacial score (nSPS) is 12.0. The van der Waals surface area contributed by atoms with E-state index in [-0.39, 0.29) is 0 Å². The highest BCUT2D eigenvalue weighted by atomic mass is 16.4. The van der Waals surface area contributed by atoms with Crippen molar-refractivity contribution in [3.05, 3.63) is 66.2 Å².